The molecule has 0 spiro atoms. The van der Waals surface area contributed by atoms with Crippen LogP contribution in [0.2, 0.25) is 0 Å². The number of hydrogen-bond acceptors (Lipinski definition) is 6. The number of nitrogens with zero attached hydrogens (tertiary/aromatic N) is 2. The summed E-state index contributed by atoms with van der Waals surface area (Å²) in [6.45, 7) is -0.262. The number of nitrogens with one attached hydrogen (secondary N) is 1. The van der Waals surface area contributed by atoms with Gasteiger partial charge in [-0.2, -0.15) is 5.10 Å². The van der Waals surface area contributed by atoms with E-state index in [2.05, 4.69) is 15.2 Å². The number of carbonyl (C=O) groups is 3. The second kappa shape index (κ2) is 6.10. The Morgan fingerprint density at radius 1 is 1.56 bits per heavy atom. The lowest BCUT2D eigenvalue weighted by molar-refractivity contribution is -0.150. The lowest BCUT2D eigenvalue weighted by Crippen LogP contribution is -2.42. The summed E-state index contributed by atoms with van der Waals surface area (Å²) in [5.74, 6) is -1.51. The predicted octanol–water partition coefficient (Wildman–Crippen LogP) is -1.76. The zero-order valence-electron chi connectivity index (χ0n) is 10.2. The molecular weight excluding hydrogens is 242 g/mol. The molecule has 0 saturated heterocycles. The molecule has 1 unspecified atom stereocenters. The summed E-state index contributed by atoms with van der Waals surface area (Å²) in [6, 6.07) is 0. The van der Waals surface area contributed by atoms with Gasteiger partial charge in [-0.3, -0.25) is 9.59 Å². The summed E-state index contributed by atoms with van der Waals surface area (Å²) < 4.78 is 4.30. The summed E-state index contributed by atoms with van der Waals surface area (Å²) in [6.07, 6.45) is -0.964. The Labute approximate surface area is 104 Å². The van der Waals surface area contributed by atoms with E-state index >= 15 is 0 Å². The molecule has 1 aliphatic rings. The number of hydrazone groups is 1. The van der Waals surface area contributed by atoms with Gasteiger partial charge >= 0.3 is 5.97 Å². The van der Waals surface area contributed by atoms with Gasteiger partial charge in [-0.05, 0) is 0 Å². The number of aliphatic hydroxyl groups is 1. The van der Waals surface area contributed by atoms with Crippen LogP contribution in [0, 0.1) is 0 Å². The maximum atomic E-state index is 11.6. The van der Waals surface area contributed by atoms with E-state index in [0.717, 1.165) is 12.1 Å². The number of aliphatic hydroxyl groups excluding tert-OH is 1. The van der Waals surface area contributed by atoms with Gasteiger partial charge in [0, 0.05) is 19.9 Å². The zero-order chi connectivity index (χ0) is 13.7. The van der Waals surface area contributed by atoms with Gasteiger partial charge in [-0.25, -0.2) is 9.80 Å². The Balaban J connectivity index is 2.49. The largest absolute Gasteiger partial charge is 0.467 e. The summed E-state index contributed by atoms with van der Waals surface area (Å²) in [5, 5.41) is 16.5. The minimum absolute atomic E-state index is 0.166. The van der Waals surface area contributed by atoms with Crippen molar-refractivity contribution in [3.05, 3.63) is 0 Å². The van der Waals surface area contributed by atoms with Crippen molar-refractivity contribution in [3.63, 3.8) is 0 Å². The molecule has 0 aromatic carbocycles. The summed E-state index contributed by atoms with van der Waals surface area (Å²) in [5.41, 5.74) is 0.189. The molecule has 0 aromatic rings. The van der Waals surface area contributed by atoms with Crippen LogP contribution in [0.4, 0.5) is 0 Å². The maximum Gasteiger partial charge on any atom is 0.336 e. The molecule has 2 N–H and O–H groups in total. The number of methoxy groups -OCH3 is 1. The first-order chi connectivity index (χ1) is 8.45. The first kappa shape index (κ1) is 14.1. The summed E-state index contributed by atoms with van der Waals surface area (Å²) in [4.78, 5) is 33.7. The van der Waals surface area contributed by atoms with Crippen molar-refractivity contribution in [1.82, 2.24) is 10.3 Å². The van der Waals surface area contributed by atoms with Gasteiger partial charge in [0.25, 0.3) is 5.91 Å². The van der Waals surface area contributed by atoms with Crippen molar-refractivity contribution >= 4 is 23.5 Å². The smallest absolute Gasteiger partial charge is 0.336 e. The Morgan fingerprint density at radius 3 is 2.78 bits per heavy atom. The number of ether oxygens (including phenoxy) is 1. The first-order valence-electron chi connectivity index (χ1n) is 5.33. The third-order valence-electron chi connectivity index (χ3n) is 2.40. The molecule has 1 atom stereocenters. The molecule has 1 aliphatic heterocycles. The molecule has 1 rings (SSSR count). The Morgan fingerprint density at radius 2 is 2.22 bits per heavy atom. The molecule has 100 valence electrons. The van der Waals surface area contributed by atoms with Crippen LogP contribution in [0.25, 0.3) is 0 Å². The van der Waals surface area contributed by atoms with E-state index in [1.54, 1.807) is 0 Å². The van der Waals surface area contributed by atoms with Crippen LogP contribution in [-0.2, 0) is 19.1 Å². The normalized spacial score (nSPS) is 16.9. The topological polar surface area (TPSA) is 108 Å². The van der Waals surface area contributed by atoms with E-state index in [9.17, 15) is 19.5 Å². The van der Waals surface area contributed by atoms with Crippen molar-refractivity contribution in [1.29, 1.82) is 0 Å². The predicted molar refractivity (Wildman–Crippen MR) is 60.5 cm³/mol. The van der Waals surface area contributed by atoms with Crippen LogP contribution in [0.15, 0.2) is 5.10 Å². The third-order valence-corrected chi connectivity index (χ3v) is 2.40. The van der Waals surface area contributed by atoms with Crippen LogP contribution < -0.4 is 5.32 Å². The number of amides is 2. The number of hydrogen-bond donors (Lipinski definition) is 2. The van der Waals surface area contributed by atoms with Crippen molar-refractivity contribution in [2.24, 2.45) is 5.10 Å². The van der Waals surface area contributed by atoms with Gasteiger partial charge in [0.1, 0.15) is 5.71 Å². The van der Waals surface area contributed by atoms with Gasteiger partial charge in [0.05, 0.1) is 13.7 Å². The van der Waals surface area contributed by atoms with E-state index in [1.165, 1.54) is 7.05 Å². The number of carbonyl (C=O) groups excluding carboxylic acids is 3. The van der Waals surface area contributed by atoms with Crippen LogP contribution >= 0.6 is 0 Å². The van der Waals surface area contributed by atoms with Gasteiger partial charge < -0.3 is 15.2 Å². The van der Waals surface area contributed by atoms with Crippen molar-refractivity contribution < 1.29 is 24.2 Å². The molecule has 0 aliphatic carbocycles. The molecule has 0 saturated carbocycles. The zero-order valence-corrected chi connectivity index (χ0v) is 10.2. The van der Waals surface area contributed by atoms with Gasteiger partial charge in [0.2, 0.25) is 5.91 Å². The fraction of sp³-hybridized carbons (Fsp3) is 0.600. The Hall–Kier alpha value is -1.96. The Kier molecular flexibility index (Phi) is 4.78. The monoisotopic (exact) mass is 257 g/mol. The highest BCUT2D eigenvalue weighted by atomic mass is 16.5. The molecule has 1 heterocycles. The van der Waals surface area contributed by atoms with Crippen molar-refractivity contribution in [2.45, 2.75) is 18.9 Å². The van der Waals surface area contributed by atoms with Gasteiger partial charge in [-0.1, -0.05) is 0 Å². The number of rotatable bonds is 4. The van der Waals surface area contributed by atoms with Gasteiger partial charge in [0.15, 0.2) is 6.10 Å². The van der Waals surface area contributed by atoms with E-state index < -0.39 is 18.0 Å². The highest BCUT2D eigenvalue weighted by Crippen LogP contribution is 2.06. The Bertz CT molecular complexity index is 393. The van der Waals surface area contributed by atoms with E-state index in [0.29, 0.717) is 0 Å². The summed E-state index contributed by atoms with van der Waals surface area (Å²) >= 11 is 0. The molecule has 2 amide bonds. The second-order valence-corrected chi connectivity index (χ2v) is 3.71. The molecule has 0 fully saturated rings. The lowest BCUT2D eigenvalue weighted by Gasteiger charge is -2.19. The van der Waals surface area contributed by atoms with E-state index in [1.807, 2.05) is 0 Å². The fourth-order valence-corrected chi connectivity index (χ4v) is 1.34. The average Bonchev–Trinajstić information content (AvgIpc) is 2.37. The van der Waals surface area contributed by atoms with Crippen LogP contribution in [0.3, 0.4) is 0 Å². The molecular formula is C10H15N3O5. The van der Waals surface area contributed by atoms with Crippen LogP contribution in [0.5, 0.6) is 0 Å². The number of esters is 1. The van der Waals surface area contributed by atoms with Crippen LogP contribution in [-0.4, -0.2) is 60.4 Å². The molecule has 0 bridgehead atoms. The van der Waals surface area contributed by atoms with E-state index in [-0.39, 0.29) is 31.0 Å². The summed E-state index contributed by atoms with van der Waals surface area (Å²) in [7, 11) is 2.59. The molecule has 0 radical (unpaired) electrons. The van der Waals surface area contributed by atoms with Crippen molar-refractivity contribution in [3.8, 4) is 0 Å². The SMILES string of the molecule is COC(=O)C(O)CNC(=O)C1=NN(C)C(=O)CC1. The minimum atomic E-state index is -1.41. The van der Waals surface area contributed by atoms with Crippen molar-refractivity contribution in [2.75, 3.05) is 20.7 Å². The minimum Gasteiger partial charge on any atom is -0.467 e. The highest BCUT2D eigenvalue weighted by Gasteiger charge is 2.23. The molecule has 8 nitrogen and oxygen atoms in total. The second-order valence-electron chi connectivity index (χ2n) is 3.71. The average molecular weight is 257 g/mol. The standard InChI is InChI=1S/C10H15N3O5/c1-13-8(15)4-3-6(12-13)9(16)11-5-7(14)10(17)18-2/h7,14H,3-5H2,1-2H3,(H,11,16). The lowest BCUT2D eigenvalue weighted by atomic mass is 10.1. The highest BCUT2D eigenvalue weighted by molar-refractivity contribution is 6.39. The van der Waals surface area contributed by atoms with Gasteiger partial charge in [-0.15, -0.1) is 0 Å². The molecule has 18 heavy (non-hydrogen) atoms. The third kappa shape index (κ3) is 3.52. The fourth-order valence-electron chi connectivity index (χ4n) is 1.34. The van der Waals surface area contributed by atoms with Crippen LogP contribution in [0.1, 0.15) is 12.8 Å². The quantitative estimate of drug-likeness (QED) is 0.580. The van der Waals surface area contributed by atoms with E-state index in [4.69, 9.17) is 0 Å². The maximum absolute atomic E-state index is 11.6. The first-order valence-corrected chi connectivity index (χ1v) is 5.33. The molecule has 0 aromatic heterocycles. The molecule has 8 heteroatoms.